The van der Waals surface area contributed by atoms with Crippen molar-refractivity contribution in [1.82, 2.24) is 5.01 Å². The zero-order valence-corrected chi connectivity index (χ0v) is 15.9. The Morgan fingerprint density at radius 3 is 2.82 bits per heavy atom. The van der Waals surface area contributed by atoms with E-state index in [9.17, 15) is 4.79 Å². The fraction of sp³-hybridized carbons (Fsp3) is 0.136. The molecule has 0 bridgehead atoms. The molecule has 1 atom stereocenters. The van der Waals surface area contributed by atoms with E-state index >= 15 is 0 Å². The van der Waals surface area contributed by atoms with E-state index in [1.165, 1.54) is 17.3 Å². The van der Waals surface area contributed by atoms with Crippen molar-refractivity contribution < 1.29 is 4.79 Å². The molecule has 3 aromatic carbocycles. The number of para-hydroxylation sites is 1. The number of hydrazone groups is 1. The lowest BCUT2D eigenvalue weighted by atomic mass is 10.0. The van der Waals surface area contributed by atoms with Crippen molar-refractivity contribution in [2.75, 3.05) is 11.1 Å². The molecule has 0 fully saturated rings. The molecule has 28 heavy (non-hydrogen) atoms. The molecule has 0 radical (unpaired) electrons. The molecule has 2 aliphatic heterocycles. The highest BCUT2D eigenvalue weighted by molar-refractivity contribution is 8.14. The fourth-order valence-electron chi connectivity index (χ4n) is 3.57. The van der Waals surface area contributed by atoms with Crippen LogP contribution in [0, 0.1) is 0 Å². The molecule has 2 aliphatic rings. The number of carbonyl (C=O) groups is 1. The van der Waals surface area contributed by atoms with Gasteiger partial charge in [-0.1, -0.05) is 60.3 Å². The van der Waals surface area contributed by atoms with Gasteiger partial charge in [0.15, 0.2) is 5.17 Å². The Morgan fingerprint density at radius 2 is 1.89 bits per heavy atom. The summed E-state index contributed by atoms with van der Waals surface area (Å²) in [4.78, 5) is 17.2. The average Bonchev–Trinajstić information content (AvgIpc) is 3.22. The van der Waals surface area contributed by atoms with Crippen molar-refractivity contribution in [2.24, 2.45) is 10.1 Å². The second-order valence-electron chi connectivity index (χ2n) is 6.75. The van der Waals surface area contributed by atoms with Crippen molar-refractivity contribution in [3.05, 3.63) is 72.3 Å². The zero-order chi connectivity index (χ0) is 18.9. The van der Waals surface area contributed by atoms with Crippen molar-refractivity contribution in [1.29, 1.82) is 0 Å². The summed E-state index contributed by atoms with van der Waals surface area (Å²) in [5.41, 5.74) is 2.95. The molecular weight excluding hydrogens is 368 g/mol. The predicted octanol–water partition coefficient (Wildman–Crippen LogP) is 4.95. The van der Waals surface area contributed by atoms with Crippen LogP contribution in [0.25, 0.3) is 10.8 Å². The van der Waals surface area contributed by atoms with Crippen LogP contribution in [-0.4, -0.2) is 28.1 Å². The first-order chi connectivity index (χ1) is 13.8. The first-order valence-corrected chi connectivity index (χ1v) is 10.2. The highest BCUT2D eigenvalue weighted by Crippen LogP contribution is 2.40. The Kier molecular flexibility index (Phi) is 4.33. The largest absolute Gasteiger partial charge is 0.325 e. The van der Waals surface area contributed by atoms with Crippen LogP contribution >= 0.6 is 11.8 Å². The Bertz CT molecular complexity index is 1120. The van der Waals surface area contributed by atoms with E-state index in [0.29, 0.717) is 0 Å². The van der Waals surface area contributed by atoms with Gasteiger partial charge in [0.1, 0.15) is 0 Å². The minimum Gasteiger partial charge on any atom is -0.325 e. The maximum atomic E-state index is 12.5. The predicted molar refractivity (Wildman–Crippen MR) is 116 cm³/mol. The smallest absolute Gasteiger partial charge is 0.234 e. The molecule has 138 valence electrons. The molecule has 5 nitrogen and oxygen atoms in total. The van der Waals surface area contributed by atoms with Crippen molar-refractivity contribution in [2.45, 2.75) is 12.5 Å². The van der Waals surface area contributed by atoms with Gasteiger partial charge in [0, 0.05) is 23.9 Å². The van der Waals surface area contributed by atoms with Gasteiger partial charge in [-0.3, -0.25) is 4.79 Å². The zero-order valence-electron chi connectivity index (χ0n) is 15.1. The van der Waals surface area contributed by atoms with Crippen LogP contribution < -0.4 is 5.32 Å². The number of anilines is 1. The van der Waals surface area contributed by atoms with E-state index < -0.39 is 0 Å². The standard InChI is InChI=1S/C22H18N4OS/c27-21(24-17-10-9-15-5-1-2-6-16(15)13-17)14-28-22-25-19-8-4-3-7-18(19)20-11-12-23-26(20)22/h1-10,12-13,20H,11,14H2,(H,24,27). The van der Waals surface area contributed by atoms with Crippen LogP contribution in [0.4, 0.5) is 11.4 Å². The number of nitrogens with one attached hydrogen (secondary N) is 1. The molecule has 1 unspecified atom stereocenters. The lowest BCUT2D eigenvalue weighted by Crippen LogP contribution is -2.29. The van der Waals surface area contributed by atoms with Crippen molar-refractivity contribution in [3.8, 4) is 0 Å². The van der Waals surface area contributed by atoms with Crippen LogP contribution in [0.5, 0.6) is 0 Å². The summed E-state index contributed by atoms with van der Waals surface area (Å²) in [6, 6.07) is 22.4. The van der Waals surface area contributed by atoms with E-state index in [-0.39, 0.29) is 17.7 Å². The molecule has 0 saturated carbocycles. The maximum absolute atomic E-state index is 12.5. The van der Waals surface area contributed by atoms with Gasteiger partial charge in [0.25, 0.3) is 0 Å². The molecular formula is C22H18N4OS. The first-order valence-electron chi connectivity index (χ1n) is 9.19. The van der Waals surface area contributed by atoms with E-state index in [4.69, 9.17) is 4.99 Å². The summed E-state index contributed by atoms with van der Waals surface area (Å²) in [6.07, 6.45) is 2.78. The summed E-state index contributed by atoms with van der Waals surface area (Å²) in [5, 5.41) is 12.4. The number of rotatable bonds is 3. The van der Waals surface area contributed by atoms with Gasteiger partial charge in [0.2, 0.25) is 5.91 Å². The molecule has 1 amide bonds. The summed E-state index contributed by atoms with van der Waals surface area (Å²) in [5.74, 6) is 0.230. The molecule has 0 saturated heterocycles. The maximum Gasteiger partial charge on any atom is 0.234 e. The van der Waals surface area contributed by atoms with Crippen molar-refractivity contribution in [3.63, 3.8) is 0 Å². The van der Waals surface area contributed by atoms with Gasteiger partial charge in [-0.25, -0.2) is 10.0 Å². The number of amidine groups is 1. The van der Waals surface area contributed by atoms with Crippen LogP contribution in [0.15, 0.2) is 76.8 Å². The highest BCUT2D eigenvalue weighted by atomic mass is 32.2. The van der Waals surface area contributed by atoms with Gasteiger partial charge in [-0.15, -0.1) is 0 Å². The van der Waals surface area contributed by atoms with E-state index in [2.05, 4.69) is 22.6 Å². The fourth-order valence-corrected chi connectivity index (χ4v) is 4.38. The molecule has 6 heteroatoms. The molecule has 1 N–H and O–H groups in total. The average molecular weight is 386 g/mol. The second-order valence-corrected chi connectivity index (χ2v) is 7.69. The number of nitrogens with zero attached hydrogens (tertiary/aromatic N) is 3. The third-order valence-corrected chi connectivity index (χ3v) is 5.85. The highest BCUT2D eigenvalue weighted by Gasteiger charge is 2.32. The summed E-state index contributed by atoms with van der Waals surface area (Å²) < 4.78 is 0. The van der Waals surface area contributed by atoms with Gasteiger partial charge >= 0.3 is 0 Å². The Hall–Kier alpha value is -3.12. The van der Waals surface area contributed by atoms with Crippen LogP contribution in [0.3, 0.4) is 0 Å². The summed E-state index contributed by atoms with van der Waals surface area (Å²) >= 11 is 1.42. The minimum atomic E-state index is -0.0541. The molecule has 0 spiro atoms. The quantitative estimate of drug-likeness (QED) is 0.693. The number of carbonyl (C=O) groups excluding carboxylic acids is 1. The monoisotopic (exact) mass is 386 g/mol. The van der Waals surface area contributed by atoms with E-state index in [0.717, 1.165) is 33.7 Å². The lowest BCUT2D eigenvalue weighted by molar-refractivity contribution is -0.113. The number of hydrogen-bond donors (Lipinski definition) is 1. The number of hydrogen-bond acceptors (Lipinski definition) is 5. The number of fused-ring (bicyclic) bond motifs is 4. The van der Waals surface area contributed by atoms with Gasteiger partial charge < -0.3 is 5.32 Å². The van der Waals surface area contributed by atoms with E-state index in [1.807, 2.05) is 65.8 Å². The summed E-state index contributed by atoms with van der Waals surface area (Å²) in [6.45, 7) is 0. The van der Waals surface area contributed by atoms with Crippen LogP contribution in [0.1, 0.15) is 18.0 Å². The van der Waals surface area contributed by atoms with Gasteiger partial charge in [-0.2, -0.15) is 5.10 Å². The number of thioether (sulfide) groups is 1. The molecule has 3 aromatic rings. The van der Waals surface area contributed by atoms with E-state index in [1.54, 1.807) is 0 Å². The Balaban J connectivity index is 1.29. The molecule has 5 rings (SSSR count). The molecule has 0 aliphatic carbocycles. The van der Waals surface area contributed by atoms with Gasteiger partial charge in [-0.05, 0) is 29.0 Å². The Morgan fingerprint density at radius 1 is 1.07 bits per heavy atom. The second kappa shape index (κ2) is 7.13. The third-order valence-electron chi connectivity index (χ3n) is 4.90. The van der Waals surface area contributed by atoms with Gasteiger partial charge in [0.05, 0.1) is 17.5 Å². The molecule has 0 aromatic heterocycles. The van der Waals surface area contributed by atoms with Crippen LogP contribution in [0.2, 0.25) is 0 Å². The van der Waals surface area contributed by atoms with Crippen molar-refractivity contribution >= 4 is 51.2 Å². The topological polar surface area (TPSA) is 57.1 Å². The Labute approximate surface area is 167 Å². The lowest BCUT2D eigenvalue weighted by Gasteiger charge is -2.29. The number of amides is 1. The molecule has 2 heterocycles. The SMILES string of the molecule is O=C(CSC1=Nc2ccccc2C2CC=NN12)Nc1ccc2ccccc2c1. The third kappa shape index (κ3) is 3.16. The normalized spacial score (nSPS) is 17.2. The number of benzene rings is 3. The minimum absolute atomic E-state index is 0.0541. The number of aliphatic imine (C=N–C) groups is 1. The summed E-state index contributed by atoms with van der Waals surface area (Å²) in [7, 11) is 0. The first kappa shape index (κ1) is 17.0. The van der Waals surface area contributed by atoms with Crippen LogP contribution in [-0.2, 0) is 4.79 Å².